The summed E-state index contributed by atoms with van der Waals surface area (Å²) < 4.78 is 27.4. The Labute approximate surface area is 108 Å². The molecule has 1 fully saturated rings. The van der Waals surface area contributed by atoms with Gasteiger partial charge in [-0.2, -0.15) is 0 Å². The van der Waals surface area contributed by atoms with E-state index in [0.717, 1.165) is 25.7 Å². The van der Waals surface area contributed by atoms with Crippen molar-refractivity contribution in [1.82, 2.24) is 9.71 Å². The fraction of sp³-hybridized carbons (Fsp3) is 0.583. The van der Waals surface area contributed by atoms with Crippen LogP contribution >= 0.6 is 0 Å². The summed E-state index contributed by atoms with van der Waals surface area (Å²) in [4.78, 5) is 3.89. The van der Waals surface area contributed by atoms with Crippen molar-refractivity contribution < 1.29 is 8.42 Å². The molecule has 18 heavy (non-hydrogen) atoms. The van der Waals surface area contributed by atoms with Gasteiger partial charge in [0.2, 0.25) is 10.0 Å². The van der Waals surface area contributed by atoms with Crippen molar-refractivity contribution in [1.29, 1.82) is 0 Å². The minimum absolute atomic E-state index is 0.0665. The van der Waals surface area contributed by atoms with Crippen molar-refractivity contribution in [3.8, 4) is 0 Å². The molecule has 0 bridgehead atoms. The molecule has 0 atom stereocenters. The molecule has 1 aliphatic rings. The molecule has 0 saturated heterocycles. The lowest BCUT2D eigenvalue weighted by Gasteiger charge is -2.34. The maximum atomic E-state index is 12.3. The van der Waals surface area contributed by atoms with Crippen LogP contribution in [0.3, 0.4) is 0 Å². The summed E-state index contributed by atoms with van der Waals surface area (Å²) in [5.41, 5.74) is 5.57. The first-order valence-corrected chi connectivity index (χ1v) is 7.65. The lowest BCUT2D eigenvalue weighted by atomic mass is 9.84. The summed E-state index contributed by atoms with van der Waals surface area (Å²) in [5, 5.41) is 0. The molecular formula is C12H19N3O2S. The standard InChI is InChI=1S/C12H19N3O2S/c1-12(6-3-2-4-7-12)15-18(16,17)11-9-14-8-5-10(11)13/h5,8-9,15H,2-4,6-7H2,1H3,(H2,13,14). The molecule has 0 spiro atoms. The Balaban J connectivity index is 2.25. The summed E-state index contributed by atoms with van der Waals surface area (Å²) in [5.74, 6) is 0. The SMILES string of the molecule is CC1(NS(=O)(=O)c2cnccc2N)CCCCC1. The van der Waals surface area contributed by atoms with Crippen LogP contribution in [0.1, 0.15) is 39.0 Å². The fourth-order valence-electron chi connectivity index (χ4n) is 2.43. The monoisotopic (exact) mass is 269 g/mol. The van der Waals surface area contributed by atoms with E-state index in [2.05, 4.69) is 9.71 Å². The zero-order chi connectivity index (χ0) is 13.2. The molecule has 0 aromatic carbocycles. The Morgan fingerprint density at radius 1 is 1.33 bits per heavy atom. The topological polar surface area (TPSA) is 85.1 Å². The predicted molar refractivity (Wildman–Crippen MR) is 70.5 cm³/mol. The number of nitrogens with two attached hydrogens (primary N) is 1. The molecule has 1 saturated carbocycles. The first-order valence-electron chi connectivity index (χ1n) is 6.16. The lowest BCUT2D eigenvalue weighted by Crippen LogP contribution is -2.47. The van der Waals surface area contributed by atoms with Crippen molar-refractivity contribution >= 4 is 15.7 Å². The van der Waals surface area contributed by atoms with Gasteiger partial charge in [0.05, 0.1) is 5.69 Å². The Morgan fingerprint density at radius 2 is 2.00 bits per heavy atom. The van der Waals surface area contributed by atoms with Crippen LogP contribution in [0.4, 0.5) is 5.69 Å². The summed E-state index contributed by atoms with van der Waals surface area (Å²) in [6.45, 7) is 1.95. The third kappa shape index (κ3) is 2.81. The van der Waals surface area contributed by atoms with Crippen LogP contribution in [0.25, 0.3) is 0 Å². The van der Waals surface area contributed by atoms with Gasteiger partial charge in [0.25, 0.3) is 0 Å². The quantitative estimate of drug-likeness (QED) is 0.874. The zero-order valence-electron chi connectivity index (χ0n) is 10.5. The Morgan fingerprint density at radius 3 is 2.61 bits per heavy atom. The lowest BCUT2D eigenvalue weighted by molar-refractivity contribution is 0.294. The number of nitrogens with one attached hydrogen (secondary N) is 1. The van der Waals surface area contributed by atoms with Gasteiger partial charge in [-0.15, -0.1) is 0 Å². The molecule has 1 heterocycles. The number of sulfonamides is 1. The van der Waals surface area contributed by atoms with Crippen LogP contribution in [0.2, 0.25) is 0 Å². The summed E-state index contributed by atoms with van der Waals surface area (Å²) in [6.07, 6.45) is 7.80. The molecule has 3 N–H and O–H groups in total. The van der Waals surface area contributed by atoms with Gasteiger partial charge in [0, 0.05) is 17.9 Å². The summed E-state index contributed by atoms with van der Waals surface area (Å²) >= 11 is 0. The third-order valence-electron chi connectivity index (χ3n) is 3.44. The van der Waals surface area contributed by atoms with Crippen molar-refractivity contribution in [3.05, 3.63) is 18.5 Å². The second kappa shape index (κ2) is 4.85. The van der Waals surface area contributed by atoms with E-state index in [4.69, 9.17) is 5.73 Å². The fourth-order valence-corrected chi connectivity index (χ4v) is 3.97. The smallest absolute Gasteiger partial charge is 0.244 e. The number of hydrogen-bond donors (Lipinski definition) is 2. The molecule has 1 aliphatic carbocycles. The maximum Gasteiger partial charge on any atom is 0.244 e. The van der Waals surface area contributed by atoms with Crippen LogP contribution < -0.4 is 10.5 Å². The average molecular weight is 269 g/mol. The van der Waals surface area contributed by atoms with Crippen molar-refractivity contribution in [3.63, 3.8) is 0 Å². The number of hydrogen-bond acceptors (Lipinski definition) is 4. The van der Waals surface area contributed by atoms with E-state index in [0.29, 0.717) is 0 Å². The number of anilines is 1. The van der Waals surface area contributed by atoms with Gasteiger partial charge in [0.1, 0.15) is 4.90 Å². The van der Waals surface area contributed by atoms with E-state index in [1.54, 1.807) is 0 Å². The van der Waals surface area contributed by atoms with Crippen LogP contribution in [0, 0.1) is 0 Å². The molecule has 0 unspecified atom stereocenters. The molecule has 0 amide bonds. The second-order valence-electron chi connectivity index (χ2n) is 5.14. The molecule has 0 radical (unpaired) electrons. The third-order valence-corrected chi connectivity index (χ3v) is 5.13. The van der Waals surface area contributed by atoms with Crippen LogP contribution in [0.5, 0.6) is 0 Å². The summed E-state index contributed by atoms with van der Waals surface area (Å²) in [6, 6.07) is 1.50. The van der Waals surface area contributed by atoms with Gasteiger partial charge in [-0.25, -0.2) is 13.1 Å². The highest BCUT2D eigenvalue weighted by Crippen LogP contribution is 2.29. The predicted octanol–water partition coefficient (Wildman–Crippen LogP) is 1.66. The van der Waals surface area contributed by atoms with Crippen LogP contribution in [-0.2, 0) is 10.0 Å². The van der Waals surface area contributed by atoms with Crippen LogP contribution in [0.15, 0.2) is 23.4 Å². The van der Waals surface area contributed by atoms with Gasteiger partial charge in [-0.05, 0) is 25.8 Å². The van der Waals surface area contributed by atoms with E-state index in [1.807, 2.05) is 6.92 Å². The minimum Gasteiger partial charge on any atom is -0.398 e. The molecule has 5 nitrogen and oxygen atoms in total. The zero-order valence-corrected chi connectivity index (χ0v) is 11.3. The van der Waals surface area contributed by atoms with Crippen molar-refractivity contribution in [2.75, 3.05) is 5.73 Å². The van der Waals surface area contributed by atoms with E-state index in [1.165, 1.54) is 24.9 Å². The Hall–Kier alpha value is -1.14. The molecule has 1 aromatic heterocycles. The number of pyridine rings is 1. The Bertz CT molecular complexity index is 522. The van der Waals surface area contributed by atoms with Gasteiger partial charge >= 0.3 is 0 Å². The molecule has 2 rings (SSSR count). The van der Waals surface area contributed by atoms with Gasteiger partial charge in [-0.3, -0.25) is 4.98 Å². The number of rotatable bonds is 3. The maximum absolute atomic E-state index is 12.3. The highest BCUT2D eigenvalue weighted by molar-refractivity contribution is 7.89. The van der Waals surface area contributed by atoms with Gasteiger partial charge < -0.3 is 5.73 Å². The molecule has 100 valence electrons. The molecule has 0 aliphatic heterocycles. The second-order valence-corrected chi connectivity index (χ2v) is 6.79. The number of nitrogens with zero attached hydrogens (tertiary/aromatic N) is 1. The van der Waals surface area contributed by atoms with Gasteiger partial charge in [0.15, 0.2) is 0 Å². The van der Waals surface area contributed by atoms with Crippen molar-refractivity contribution in [2.45, 2.75) is 49.5 Å². The van der Waals surface area contributed by atoms with E-state index < -0.39 is 10.0 Å². The van der Waals surface area contributed by atoms with Gasteiger partial charge in [-0.1, -0.05) is 19.3 Å². The first-order chi connectivity index (χ1) is 8.43. The van der Waals surface area contributed by atoms with E-state index >= 15 is 0 Å². The highest BCUT2D eigenvalue weighted by atomic mass is 32.2. The molecule has 1 aromatic rings. The van der Waals surface area contributed by atoms with E-state index in [-0.39, 0.29) is 16.1 Å². The van der Waals surface area contributed by atoms with Crippen LogP contribution in [-0.4, -0.2) is 18.9 Å². The normalized spacial score (nSPS) is 19.6. The largest absolute Gasteiger partial charge is 0.398 e. The van der Waals surface area contributed by atoms with Crippen molar-refractivity contribution in [2.24, 2.45) is 0 Å². The average Bonchev–Trinajstić information content (AvgIpc) is 2.28. The summed E-state index contributed by atoms with van der Waals surface area (Å²) in [7, 11) is -3.59. The first kappa shape index (κ1) is 13.3. The van der Waals surface area contributed by atoms with E-state index in [9.17, 15) is 8.42 Å². The minimum atomic E-state index is -3.59. The Kier molecular flexibility index (Phi) is 3.59. The number of nitrogen functional groups attached to an aromatic ring is 1. The highest BCUT2D eigenvalue weighted by Gasteiger charge is 2.32. The molecule has 6 heteroatoms. The molecular weight excluding hydrogens is 250 g/mol. The number of aromatic nitrogens is 1.